The Morgan fingerprint density at radius 3 is 2.66 bits per heavy atom. The van der Waals surface area contributed by atoms with E-state index in [0.717, 1.165) is 25.0 Å². The van der Waals surface area contributed by atoms with Crippen LogP contribution in [0.5, 0.6) is 0 Å². The molecule has 0 spiro atoms. The van der Waals surface area contributed by atoms with Gasteiger partial charge < -0.3 is 42.8 Å². The Labute approximate surface area is 188 Å². The van der Waals surface area contributed by atoms with Gasteiger partial charge in [-0.3, -0.25) is 9.09 Å². The Bertz CT molecular complexity index is 943. The lowest BCUT2D eigenvalue weighted by Gasteiger charge is -2.17. The van der Waals surface area contributed by atoms with E-state index in [1.807, 2.05) is 6.08 Å². The molecule has 12 N–H and O–H groups in total. The minimum atomic E-state index is -4.75. The fraction of sp³-hybridized carbons (Fsp3) is 0.562. The van der Waals surface area contributed by atoms with Crippen molar-refractivity contribution < 1.29 is 33.8 Å². The molecule has 3 rings (SSSR count). The first-order chi connectivity index (χ1) is 14.2. The molecule has 0 aromatic carbocycles. The molecule has 0 saturated carbocycles. The number of thioether (sulfide) groups is 1. The predicted octanol–water partition coefficient (Wildman–Crippen LogP) is 0.909. The number of hydrogen-bond acceptors (Lipinski definition) is 12. The summed E-state index contributed by atoms with van der Waals surface area (Å²) in [5.74, 6) is 0.956. The monoisotopic (exact) mass is 495 g/mol. The van der Waals surface area contributed by atoms with E-state index < -0.39 is 39.0 Å². The van der Waals surface area contributed by atoms with E-state index in [2.05, 4.69) is 26.1 Å². The maximum atomic E-state index is 10.9. The van der Waals surface area contributed by atoms with E-state index in [-0.39, 0.29) is 18.1 Å². The molecule has 32 heavy (non-hydrogen) atoms. The standard InChI is InChI=1S/C16H24N5O7PS.2H3N/c1-2-3-4-5-6-30-16-19-13(17)10-14(20-16)21(8-18-10)15-12(23)11(22)9(28-15)7-27-29(24,25)26;;/h2,8-9,11-12,15,22-23H,1,3-7H2,(H2,17,19,20)(H2,24,25,26);2*1H3/t9-,11-,12-,15-;;/m1../s1. The Hall–Kier alpha value is -1.65. The van der Waals surface area contributed by atoms with E-state index in [0.29, 0.717) is 16.3 Å². The fourth-order valence-corrected chi connectivity index (χ4v) is 4.18. The molecule has 14 nitrogen and oxygen atoms in total. The molecule has 16 heteroatoms. The summed E-state index contributed by atoms with van der Waals surface area (Å²) in [5.41, 5.74) is 6.61. The van der Waals surface area contributed by atoms with Crippen molar-refractivity contribution in [3.63, 3.8) is 0 Å². The van der Waals surface area contributed by atoms with Crippen LogP contribution in [0.4, 0.5) is 5.82 Å². The van der Waals surface area contributed by atoms with Crippen molar-refractivity contribution in [3.8, 4) is 0 Å². The average Bonchev–Trinajstić information content (AvgIpc) is 3.21. The zero-order valence-electron chi connectivity index (χ0n) is 17.4. The third-order valence-electron chi connectivity index (χ3n) is 4.48. The molecule has 2 aromatic rings. The number of hydrogen-bond donors (Lipinski definition) is 7. The second-order valence-corrected chi connectivity index (χ2v) is 8.98. The average molecular weight is 495 g/mol. The molecule has 0 unspecified atom stereocenters. The summed E-state index contributed by atoms with van der Waals surface area (Å²) in [6, 6.07) is 0. The van der Waals surface area contributed by atoms with Gasteiger partial charge in [0.2, 0.25) is 0 Å². The van der Waals surface area contributed by atoms with Gasteiger partial charge in [0.15, 0.2) is 22.8 Å². The summed E-state index contributed by atoms with van der Waals surface area (Å²) >= 11 is 1.43. The van der Waals surface area contributed by atoms with Crippen LogP contribution in [-0.4, -0.2) is 70.2 Å². The number of anilines is 1. The molecule has 0 aliphatic carbocycles. The number of aromatic nitrogens is 4. The van der Waals surface area contributed by atoms with Gasteiger partial charge in [0.05, 0.1) is 12.9 Å². The smallest absolute Gasteiger partial charge is 0.387 e. The number of fused-ring (bicyclic) bond motifs is 1. The number of nitrogens with two attached hydrogens (primary N) is 1. The first-order valence-corrected chi connectivity index (χ1v) is 11.7. The van der Waals surface area contributed by atoms with Crippen LogP contribution in [0, 0.1) is 0 Å². The molecule has 0 amide bonds. The Morgan fingerprint density at radius 2 is 2.00 bits per heavy atom. The number of unbranched alkanes of at least 4 members (excludes halogenated alkanes) is 2. The molecule has 1 saturated heterocycles. The summed E-state index contributed by atoms with van der Waals surface area (Å²) in [4.78, 5) is 30.5. The highest BCUT2D eigenvalue weighted by atomic mass is 32.2. The Morgan fingerprint density at radius 1 is 1.28 bits per heavy atom. The maximum absolute atomic E-state index is 10.9. The molecule has 1 fully saturated rings. The van der Waals surface area contributed by atoms with Gasteiger partial charge in [0.25, 0.3) is 0 Å². The lowest BCUT2D eigenvalue weighted by molar-refractivity contribution is -0.0504. The molecule has 1 aliphatic rings. The van der Waals surface area contributed by atoms with Crippen LogP contribution in [0.15, 0.2) is 24.1 Å². The largest absolute Gasteiger partial charge is 0.469 e. The molecular weight excluding hydrogens is 465 g/mol. The normalized spacial score (nSPS) is 23.0. The Balaban J connectivity index is 0.00000256. The highest BCUT2D eigenvalue weighted by molar-refractivity contribution is 7.99. The quantitative estimate of drug-likeness (QED) is 0.0794. The van der Waals surface area contributed by atoms with Crippen molar-refractivity contribution in [1.82, 2.24) is 31.8 Å². The lowest BCUT2D eigenvalue weighted by Crippen LogP contribution is -2.33. The zero-order chi connectivity index (χ0) is 21.9. The van der Waals surface area contributed by atoms with Crippen LogP contribution in [-0.2, 0) is 13.8 Å². The number of ether oxygens (including phenoxy) is 1. The first kappa shape index (κ1) is 28.4. The topological polar surface area (TPSA) is 256 Å². The van der Waals surface area contributed by atoms with Gasteiger partial charge in [0.1, 0.15) is 23.8 Å². The van der Waals surface area contributed by atoms with Gasteiger partial charge in [-0.05, 0) is 19.3 Å². The molecule has 4 atom stereocenters. The number of nitrogens with zero attached hydrogens (tertiary/aromatic N) is 4. The summed E-state index contributed by atoms with van der Waals surface area (Å²) in [6.45, 7) is 3.09. The lowest BCUT2D eigenvalue weighted by atomic mass is 10.1. The Kier molecular flexibility index (Phi) is 10.6. The molecule has 0 bridgehead atoms. The van der Waals surface area contributed by atoms with Crippen molar-refractivity contribution in [2.75, 3.05) is 18.1 Å². The minimum absolute atomic E-state index is 0. The summed E-state index contributed by atoms with van der Waals surface area (Å²) in [7, 11) is -4.75. The van der Waals surface area contributed by atoms with Crippen LogP contribution in [0.3, 0.4) is 0 Å². The zero-order valence-corrected chi connectivity index (χ0v) is 19.1. The van der Waals surface area contributed by atoms with Gasteiger partial charge in [-0.2, -0.15) is 0 Å². The van der Waals surface area contributed by atoms with Gasteiger partial charge in [-0.15, -0.1) is 6.58 Å². The highest BCUT2D eigenvalue weighted by Gasteiger charge is 2.45. The van der Waals surface area contributed by atoms with E-state index in [9.17, 15) is 14.8 Å². The van der Waals surface area contributed by atoms with Crippen molar-refractivity contribution in [2.24, 2.45) is 0 Å². The van der Waals surface area contributed by atoms with Crippen molar-refractivity contribution >= 4 is 36.6 Å². The van der Waals surface area contributed by atoms with Gasteiger partial charge in [0, 0.05) is 5.75 Å². The van der Waals surface area contributed by atoms with Crippen LogP contribution in [0.2, 0.25) is 0 Å². The number of rotatable bonds is 10. The molecular formula is C16H30N7O7PS. The molecule has 2 aromatic heterocycles. The summed E-state index contributed by atoms with van der Waals surface area (Å²) in [5, 5.41) is 21.0. The number of aliphatic hydroxyl groups is 2. The van der Waals surface area contributed by atoms with Gasteiger partial charge in [-0.1, -0.05) is 17.8 Å². The molecule has 182 valence electrons. The number of phosphoric acid groups is 1. The van der Waals surface area contributed by atoms with Crippen LogP contribution in [0.1, 0.15) is 25.5 Å². The van der Waals surface area contributed by atoms with Crippen LogP contribution < -0.4 is 18.0 Å². The summed E-state index contributed by atoms with van der Waals surface area (Å²) in [6.07, 6.45) is 1.00. The number of imidazole rings is 1. The SMILES string of the molecule is C=CCCCCSc1nc(N)c2ncn([C@@H]3O[C@H](COP(=O)(O)O)[C@@H](O)[C@H]3O)c2n1.N.N. The first-order valence-electron chi connectivity index (χ1n) is 9.16. The molecule has 3 heterocycles. The second kappa shape index (κ2) is 12.0. The predicted molar refractivity (Wildman–Crippen MR) is 118 cm³/mol. The van der Waals surface area contributed by atoms with E-state index in [1.54, 1.807) is 0 Å². The summed E-state index contributed by atoms with van der Waals surface area (Å²) < 4.78 is 22.3. The van der Waals surface area contributed by atoms with Crippen molar-refractivity contribution in [1.29, 1.82) is 0 Å². The molecule has 0 radical (unpaired) electrons. The number of phosphoric ester groups is 1. The number of aliphatic hydroxyl groups excluding tert-OH is 2. The van der Waals surface area contributed by atoms with Crippen molar-refractivity contribution in [3.05, 3.63) is 19.0 Å². The van der Waals surface area contributed by atoms with Crippen LogP contribution >= 0.6 is 19.6 Å². The number of nitrogen functional groups attached to an aromatic ring is 1. The van der Waals surface area contributed by atoms with Crippen molar-refractivity contribution in [2.45, 2.75) is 49.0 Å². The second-order valence-electron chi connectivity index (χ2n) is 6.68. The molecule has 1 aliphatic heterocycles. The minimum Gasteiger partial charge on any atom is -0.387 e. The van der Waals surface area contributed by atoms with E-state index in [1.165, 1.54) is 22.7 Å². The third-order valence-corrected chi connectivity index (χ3v) is 5.90. The maximum Gasteiger partial charge on any atom is 0.469 e. The van der Waals surface area contributed by atoms with E-state index >= 15 is 0 Å². The van der Waals surface area contributed by atoms with Crippen LogP contribution in [0.25, 0.3) is 11.2 Å². The van der Waals surface area contributed by atoms with Gasteiger partial charge >= 0.3 is 7.82 Å². The third kappa shape index (κ3) is 6.68. The van der Waals surface area contributed by atoms with Gasteiger partial charge in [-0.25, -0.2) is 19.5 Å². The van der Waals surface area contributed by atoms with E-state index in [4.69, 9.17) is 20.3 Å². The number of allylic oxidation sites excluding steroid dienone is 1. The fourth-order valence-electron chi connectivity index (χ4n) is 2.99. The highest BCUT2D eigenvalue weighted by Crippen LogP contribution is 2.39.